The lowest BCUT2D eigenvalue weighted by Crippen LogP contribution is -2.38. The molecule has 3 N–H and O–H groups in total. The zero-order valence-electron chi connectivity index (χ0n) is 15.2. The van der Waals surface area contributed by atoms with Crippen LogP contribution in [-0.2, 0) is 20.8 Å². The lowest BCUT2D eigenvalue weighted by molar-refractivity contribution is -0.132. The number of rotatable bonds is 8. The molecule has 3 rings (SSSR count). The van der Waals surface area contributed by atoms with Gasteiger partial charge in [-0.15, -0.1) is 0 Å². The quantitative estimate of drug-likeness (QED) is 0.700. The number of amides is 1. The van der Waals surface area contributed by atoms with Gasteiger partial charge in [0.15, 0.2) is 0 Å². The summed E-state index contributed by atoms with van der Waals surface area (Å²) in [5.74, 6) is 0.755. The van der Waals surface area contributed by atoms with Crippen LogP contribution in [0.15, 0.2) is 24.3 Å². The van der Waals surface area contributed by atoms with E-state index in [2.05, 4.69) is 10.2 Å². The van der Waals surface area contributed by atoms with Crippen LogP contribution in [0.4, 0.5) is 0 Å². The van der Waals surface area contributed by atoms with Gasteiger partial charge in [0.1, 0.15) is 18.5 Å². The van der Waals surface area contributed by atoms with Gasteiger partial charge in [-0.25, -0.2) is 0 Å². The monoisotopic (exact) mass is 363 g/mol. The highest BCUT2D eigenvalue weighted by atomic mass is 16.5. The fourth-order valence-corrected chi connectivity index (χ4v) is 3.24. The van der Waals surface area contributed by atoms with Crippen molar-refractivity contribution in [3.8, 4) is 5.75 Å². The summed E-state index contributed by atoms with van der Waals surface area (Å²) in [6, 6.07) is 7.84. The van der Waals surface area contributed by atoms with E-state index in [0.29, 0.717) is 19.7 Å². The zero-order chi connectivity index (χ0) is 18.2. The number of nitrogens with zero attached hydrogens (tertiary/aromatic N) is 1. The van der Waals surface area contributed by atoms with Crippen LogP contribution in [0, 0.1) is 0 Å². The Bertz CT molecular complexity index is 578. The highest BCUT2D eigenvalue weighted by Crippen LogP contribution is 2.19. The van der Waals surface area contributed by atoms with Gasteiger partial charge in [0.2, 0.25) is 5.91 Å². The first-order valence-corrected chi connectivity index (χ1v) is 9.39. The summed E-state index contributed by atoms with van der Waals surface area (Å²) in [4.78, 5) is 14.5. The summed E-state index contributed by atoms with van der Waals surface area (Å²) in [7, 11) is 0. The third kappa shape index (κ3) is 5.67. The Morgan fingerprint density at radius 3 is 2.92 bits per heavy atom. The van der Waals surface area contributed by atoms with Gasteiger partial charge in [-0.3, -0.25) is 9.69 Å². The molecule has 1 aromatic rings. The van der Waals surface area contributed by atoms with E-state index in [1.54, 1.807) is 0 Å². The minimum Gasteiger partial charge on any atom is -0.492 e. The normalized spacial score (nSPS) is 23.7. The molecule has 1 aromatic carbocycles. The summed E-state index contributed by atoms with van der Waals surface area (Å²) < 4.78 is 16.8. The molecule has 2 atom stereocenters. The lowest BCUT2D eigenvalue weighted by atomic mass is 10.1. The molecule has 0 aromatic heterocycles. The molecule has 7 nitrogen and oxygen atoms in total. The molecule has 7 heteroatoms. The number of carbonyl (C=O) groups is 1. The van der Waals surface area contributed by atoms with Gasteiger partial charge in [0.05, 0.1) is 19.3 Å². The summed E-state index contributed by atoms with van der Waals surface area (Å²) in [5.41, 5.74) is 6.60. The molecular weight excluding hydrogens is 334 g/mol. The van der Waals surface area contributed by atoms with Crippen LogP contribution in [0.1, 0.15) is 18.4 Å². The minimum atomic E-state index is -0.378. The molecule has 0 unspecified atom stereocenters. The standard InChI is InChI=1S/C19H29N3O4/c20-13-17-4-5-18(26-17)19(23)21-14-15-2-1-3-16(12-15)25-11-8-22-6-9-24-10-7-22/h1-3,12,17-18H,4-11,13-14,20H2,(H,21,23)/t17-,18+/m1/s1. The van der Waals surface area contributed by atoms with Crippen molar-refractivity contribution in [3.63, 3.8) is 0 Å². The van der Waals surface area contributed by atoms with Gasteiger partial charge in [0.25, 0.3) is 0 Å². The Morgan fingerprint density at radius 1 is 1.31 bits per heavy atom. The molecular formula is C19H29N3O4. The van der Waals surface area contributed by atoms with E-state index in [9.17, 15) is 4.79 Å². The van der Waals surface area contributed by atoms with Gasteiger partial charge in [-0.05, 0) is 30.5 Å². The second-order valence-corrected chi connectivity index (χ2v) is 6.73. The van der Waals surface area contributed by atoms with Gasteiger partial charge < -0.3 is 25.3 Å². The maximum Gasteiger partial charge on any atom is 0.249 e. The number of ether oxygens (including phenoxy) is 3. The van der Waals surface area contributed by atoms with Crippen molar-refractivity contribution in [2.24, 2.45) is 5.73 Å². The second kappa shape index (κ2) is 9.87. The third-order valence-electron chi connectivity index (χ3n) is 4.81. The fraction of sp³-hybridized carbons (Fsp3) is 0.632. The summed E-state index contributed by atoms with van der Waals surface area (Å²) in [6.07, 6.45) is 1.21. The number of benzene rings is 1. The lowest BCUT2D eigenvalue weighted by Gasteiger charge is -2.26. The van der Waals surface area contributed by atoms with Crippen LogP contribution in [0.5, 0.6) is 5.75 Å². The predicted octanol–water partition coefficient (Wildman–Crippen LogP) is 0.520. The maximum absolute atomic E-state index is 12.2. The summed E-state index contributed by atoms with van der Waals surface area (Å²) >= 11 is 0. The van der Waals surface area contributed by atoms with E-state index in [1.165, 1.54) is 0 Å². The number of hydrogen-bond acceptors (Lipinski definition) is 6. The van der Waals surface area contributed by atoms with Crippen molar-refractivity contribution in [1.82, 2.24) is 10.2 Å². The van der Waals surface area contributed by atoms with Crippen LogP contribution in [0.3, 0.4) is 0 Å². The number of nitrogens with one attached hydrogen (secondary N) is 1. The molecule has 26 heavy (non-hydrogen) atoms. The molecule has 0 saturated carbocycles. The highest BCUT2D eigenvalue weighted by molar-refractivity contribution is 5.81. The molecule has 144 valence electrons. The molecule has 0 spiro atoms. The Kier molecular flexibility index (Phi) is 7.25. The first kappa shape index (κ1) is 19.1. The van der Waals surface area contributed by atoms with Crippen LogP contribution in [-0.4, -0.2) is 69.0 Å². The van der Waals surface area contributed by atoms with E-state index >= 15 is 0 Å². The Balaban J connectivity index is 1.40. The van der Waals surface area contributed by atoms with Crippen LogP contribution < -0.4 is 15.8 Å². The largest absolute Gasteiger partial charge is 0.492 e. The smallest absolute Gasteiger partial charge is 0.249 e. The van der Waals surface area contributed by atoms with Crippen molar-refractivity contribution < 1.29 is 19.0 Å². The van der Waals surface area contributed by atoms with Crippen molar-refractivity contribution in [3.05, 3.63) is 29.8 Å². The van der Waals surface area contributed by atoms with Crippen molar-refractivity contribution in [1.29, 1.82) is 0 Å². The van der Waals surface area contributed by atoms with Crippen LogP contribution in [0.25, 0.3) is 0 Å². The van der Waals surface area contributed by atoms with E-state index < -0.39 is 0 Å². The third-order valence-corrected chi connectivity index (χ3v) is 4.81. The minimum absolute atomic E-state index is 0.00828. The van der Waals surface area contributed by atoms with Crippen molar-refractivity contribution in [2.75, 3.05) is 46.0 Å². The van der Waals surface area contributed by atoms with E-state index in [0.717, 1.165) is 57.0 Å². The number of carbonyl (C=O) groups excluding carboxylic acids is 1. The number of morpholine rings is 1. The van der Waals surface area contributed by atoms with Gasteiger partial charge in [0, 0.05) is 32.7 Å². The zero-order valence-corrected chi connectivity index (χ0v) is 15.2. The molecule has 0 radical (unpaired) electrons. The van der Waals surface area contributed by atoms with E-state index in [4.69, 9.17) is 19.9 Å². The van der Waals surface area contributed by atoms with Crippen LogP contribution in [0.2, 0.25) is 0 Å². The second-order valence-electron chi connectivity index (χ2n) is 6.73. The predicted molar refractivity (Wildman–Crippen MR) is 98.0 cm³/mol. The Morgan fingerprint density at radius 2 is 2.15 bits per heavy atom. The molecule has 2 saturated heterocycles. The average Bonchev–Trinajstić information content (AvgIpc) is 3.17. The Hall–Kier alpha value is -1.67. The van der Waals surface area contributed by atoms with Gasteiger partial charge >= 0.3 is 0 Å². The molecule has 2 fully saturated rings. The first-order valence-electron chi connectivity index (χ1n) is 9.39. The molecule has 2 heterocycles. The number of hydrogen-bond donors (Lipinski definition) is 2. The summed E-state index contributed by atoms with van der Waals surface area (Å²) in [6.45, 7) is 5.99. The maximum atomic E-state index is 12.2. The fourth-order valence-electron chi connectivity index (χ4n) is 3.24. The molecule has 1 amide bonds. The van der Waals surface area contributed by atoms with Crippen molar-refractivity contribution in [2.45, 2.75) is 31.6 Å². The summed E-state index contributed by atoms with van der Waals surface area (Å²) in [5, 5.41) is 2.94. The molecule has 0 bridgehead atoms. The highest BCUT2D eigenvalue weighted by Gasteiger charge is 2.29. The van der Waals surface area contributed by atoms with Gasteiger partial charge in [-0.1, -0.05) is 12.1 Å². The molecule has 2 aliphatic heterocycles. The SMILES string of the molecule is NC[C@H]1CC[C@@H](C(=O)NCc2cccc(OCCN3CCOCC3)c2)O1. The van der Waals surface area contributed by atoms with Crippen LogP contribution >= 0.6 is 0 Å². The van der Waals surface area contributed by atoms with E-state index in [-0.39, 0.29) is 18.1 Å². The molecule has 0 aliphatic carbocycles. The van der Waals surface area contributed by atoms with Crippen molar-refractivity contribution >= 4 is 5.91 Å². The number of nitrogens with two attached hydrogens (primary N) is 1. The Labute approximate surface area is 154 Å². The van der Waals surface area contributed by atoms with E-state index in [1.807, 2.05) is 24.3 Å². The van der Waals surface area contributed by atoms with Gasteiger partial charge in [-0.2, -0.15) is 0 Å². The first-order chi connectivity index (χ1) is 12.7. The average molecular weight is 363 g/mol. The molecule has 2 aliphatic rings. The topological polar surface area (TPSA) is 86.1 Å².